The first-order valence-electron chi connectivity index (χ1n) is 3.13. The second-order valence-corrected chi connectivity index (χ2v) is 3.15. The summed E-state index contributed by atoms with van der Waals surface area (Å²) in [6.45, 7) is 0. The molecule has 0 aromatic heterocycles. The Morgan fingerprint density at radius 2 is 2.17 bits per heavy atom. The van der Waals surface area contributed by atoms with Crippen LogP contribution in [0.3, 0.4) is 0 Å². The van der Waals surface area contributed by atoms with Crippen LogP contribution in [0, 0.1) is 0 Å². The molecular weight excluding hydrogens is 271 g/mol. The van der Waals surface area contributed by atoms with Crippen LogP contribution in [0.1, 0.15) is 20.7 Å². The Hall–Kier alpha value is -0.910. The molecular formula is C8H5IO3. The van der Waals surface area contributed by atoms with Crippen molar-refractivity contribution in [1.29, 1.82) is 0 Å². The average molecular weight is 276 g/mol. The lowest BCUT2D eigenvalue weighted by molar-refractivity contribution is 0.110. The highest BCUT2D eigenvalue weighted by atomic mass is 127. The number of hydrogen-bond donors (Lipinski definition) is 1. The third-order valence-corrected chi connectivity index (χ3v) is 1.95. The Kier molecular flexibility index (Phi) is 2.80. The van der Waals surface area contributed by atoms with Gasteiger partial charge in [0.25, 0.3) is 0 Å². The van der Waals surface area contributed by atoms with Crippen molar-refractivity contribution in [2.45, 2.75) is 0 Å². The SMILES string of the molecule is O=Cc1ccc(O)c(C(=O)I)c1. The Bertz CT molecular complexity index is 333. The van der Waals surface area contributed by atoms with E-state index < -0.39 is 0 Å². The van der Waals surface area contributed by atoms with E-state index in [-0.39, 0.29) is 15.1 Å². The highest BCUT2D eigenvalue weighted by Gasteiger charge is 2.07. The number of hydrogen-bond acceptors (Lipinski definition) is 3. The van der Waals surface area contributed by atoms with Gasteiger partial charge >= 0.3 is 0 Å². The molecule has 0 aliphatic carbocycles. The lowest BCUT2D eigenvalue weighted by Crippen LogP contribution is -1.90. The monoisotopic (exact) mass is 276 g/mol. The molecule has 1 aromatic carbocycles. The zero-order valence-corrected chi connectivity index (χ0v) is 8.11. The van der Waals surface area contributed by atoms with Crippen LogP contribution >= 0.6 is 22.6 Å². The lowest BCUT2D eigenvalue weighted by Gasteiger charge is -1.98. The zero-order valence-electron chi connectivity index (χ0n) is 5.95. The van der Waals surface area contributed by atoms with Gasteiger partial charge in [0, 0.05) is 28.2 Å². The van der Waals surface area contributed by atoms with Gasteiger partial charge in [0.2, 0.25) is 3.79 Å². The largest absolute Gasteiger partial charge is 0.507 e. The van der Waals surface area contributed by atoms with Gasteiger partial charge in [-0.25, -0.2) is 0 Å². The molecule has 12 heavy (non-hydrogen) atoms. The van der Waals surface area contributed by atoms with Crippen LogP contribution in [0.25, 0.3) is 0 Å². The lowest BCUT2D eigenvalue weighted by atomic mass is 10.1. The van der Waals surface area contributed by atoms with Gasteiger partial charge in [0.1, 0.15) is 12.0 Å². The van der Waals surface area contributed by atoms with Crippen molar-refractivity contribution in [3.63, 3.8) is 0 Å². The first-order valence-corrected chi connectivity index (χ1v) is 4.21. The molecule has 3 nitrogen and oxygen atoms in total. The van der Waals surface area contributed by atoms with Crippen LogP contribution < -0.4 is 0 Å². The van der Waals surface area contributed by atoms with Gasteiger partial charge in [-0.05, 0) is 18.2 Å². The summed E-state index contributed by atoms with van der Waals surface area (Å²) in [5.41, 5.74) is 0.549. The summed E-state index contributed by atoms with van der Waals surface area (Å²) in [5.74, 6) is -0.0972. The van der Waals surface area contributed by atoms with E-state index in [9.17, 15) is 9.59 Å². The van der Waals surface area contributed by atoms with E-state index in [4.69, 9.17) is 5.11 Å². The fourth-order valence-electron chi connectivity index (χ4n) is 0.784. The summed E-state index contributed by atoms with van der Waals surface area (Å²) in [7, 11) is 0. The molecule has 62 valence electrons. The molecule has 1 aromatic rings. The molecule has 0 saturated carbocycles. The third kappa shape index (κ3) is 1.82. The summed E-state index contributed by atoms with van der Waals surface area (Å²) < 4.78 is -0.284. The second kappa shape index (κ2) is 3.66. The number of aromatic hydroxyl groups is 1. The van der Waals surface area contributed by atoms with E-state index >= 15 is 0 Å². The highest BCUT2D eigenvalue weighted by Crippen LogP contribution is 2.20. The van der Waals surface area contributed by atoms with Crippen molar-refractivity contribution >= 4 is 32.7 Å². The number of carbonyl (C=O) groups excluding carboxylic acids is 2. The first-order chi connectivity index (χ1) is 5.65. The summed E-state index contributed by atoms with van der Waals surface area (Å²) >= 11 is 1.55. The van der Waals surface area contributed by atoms with Crippen molar-refractivity contribution in [3.8, 4) is 5.75 Å². The Morgan fingerprint density at radius 3 is 2.67 bits per heavy atom. The number of aldehydes is 1. The average Bonchev–Trinajstić information content (AvgIpc) is 2.05. The molecule has 1 rings (SSSR count). The molecule has 0 unspecified atom stereocenters. The molecule has 0 fully saturated rings. The maximum Gasteiger partial charge on any atom is 0.226 e. The maximum absolute atomic E-state index is 10.8. The number of phenols is 1. The predicted molar refractivity (Wildman–Crippen MR) is 51.8 cm³/mol. The molecule has 0 saturated heterocycles. The number of halogens is 1. The summed E-state index contributed by atoms with van der Waals surface area (Å²) in [4.78, 5) is 21.1. The second-order valence-electron chi connectivity index (χ2n) is 2.17. The van der Waals surface area contributed by atoms with Crippen molar-refractivity contribution < 1.29 is 14.7 Å². The van der Waals surface area contributed by atoms with Crippen molar-refractivity contribution in [3.05, 3.63) is 29.3 Å². The fourth-order valence-corrected chi connectivity index (χ4v) is 1.22. The minimum Gasteiger partial charge on any atom is -0.507 e. The van der Waals surface area contributed by atoms with E-state index in [0.717, 1.165) is 0 Å². The number of benzene rings is 1. The van der Waals surface area contributed by atoms with E-state index in [1.54, 1.807) is 22.6 Å². The van der Waals surface area contributed by atoms with Crippen molar-refractivity contribution in [2.24, 2.45) is 0 Å². The minimum absolute atomic E-state index is 0.0972. The van der Waals surface area contributed by atoms with Gasteiger partial charge in [-0.2, -0.15) is 0 Å². The summed E-state index contributed by atoms with van der Waals surface area (Å²) in [6.07, 6.45) is 0.628. The molecule has 0 heterocycles. The molecule has 0 bridgehead atoms. The van der Waals surface area contributed by atoms with Gasteiger partial charge < -0.3 is 5.11 Å². The van der Waals surface area contributed by atoms with Crippen LogP contribution in [0.2, 0.25) is 0 Å². The molecule has 0 atom stereocenters. The normalized spacial score (nSPS) is 9.42. The van der Waals surface area contributed by atoms with Crippen molar-refractivity contribution in [1.82, 2.24) is 0 Å². The van der Waals surface area contributed by atoms with Crippen LogP contribution in [-0.4, -0.2) is 15.2 Å². The number of phenolic OH excluding ortho intramolecular Hbond substituents is 1. The molecule has 0 aliphatic rings. The molecule has 1 N–H and O–H groups in total. The number of carbonyl (C=O) groups is 2. The summed E-state index contributed by atoms with van der Waals surface area (Å²) in [5, 5.41) is 9.16. The van der Waals surface area contributed by atoms with Crippen LogP contribution in [0.5, 0.6) is 5.75 Å². The third-order valence-electron chi connectivity index (χ3n) is 1.37. The van der Waals surface area contributed by atoms with E-state index in [1.165, 1.54) is 18.2 Å². The van der Waals surface area contributed by atoms with Crippen molar-refractivity contribution in [2.75, 3.05) is 0 Å². The number of rotatable bonds is 2. The van der Waals surface area contributed by atoms with Crippen LogP contribution in [-0.2, 0) is 0 Å². The topological polar surface area (TPSA) is 54.4 Å². The standard InChI is InChI=1S/C8H5IO3/c9-8(12)6-3-5(4-10)1-2-7(6)11/h1-4,11H. The van der Waals surface area contributed by atoms with Gasteiger partial charge in [-0.15, -0.1) is 0 Å². The molecule has 0 amide bonds. The zero-order chi connectivity index (χ0) is 9.14. The van der Waals surface area contributed by atoms with Gasteiger partial charge in [0.15, 0.2) is 0 Å². The Labute approximate surface area is 82.5 Å². The predicted octanol–water partition coefficient (Wildman–Crippen LogP) is 1.78. The molecule has 0 aliphatic heterocycles. The minimum atomic E-state index is -0.284. The van der Waals surface area contributed by atoms with Gasteiger partial charge in [-0.3, -0.25) is 9.59 Å². The molecule has 0 spiro atoms. The highest BCUT2D eigenvalue weighted by molar-refractivity contribution is 14.1. The quantitative estimate of drug-likeness (QED) is 0.509. The Balaban J connectivity index is 3.25. The van der Waals surface area contributed by atoms with Crippen LogP contribution in [0.4, 0.5) is 0 Å². The Morgan fingerprint density at radius 1 is 1.50 bits per heavy atom. The maximum atomic E-state index is 10.8. The van der Waals surface area contributed by atoms with E-state index in [1.807, 2.05) is 0 Å². The van der Waals surface area contributed by atoms with Gasteiger partial charge in [0.05, 0.1) is 5.56 Å². The van der Waals surface area contributed by atoms with E-state index in [2.05, 4.69) is 0 Å². The summed E-state index contributed by atoms with van der Waals surface area (Å²) in [6, 6.07) is 4.14. The molecule has 0 radical (unpaired) electrons. The van der Waals surface area contributed by atoms with Gasteiger partial charge in [-0.1, -0.05) is 0 Å². The molecule has 4 heteroatoms. The van der Waals surface area contributed by atoms with E-state index in [0.29, 0.717) is 11.8 Å². The fraction of sp³-hybridized carbons (Fsp3) is 0. The van der Waals surface area contributed by atoms with Crippen LogP contribution in [0.15, 0.2) is 18.2 Å². The smallest absolute Gasteiger partial charge is 0.226 e. The first kappa shape index (κ1) is 9.18.